The normalized spacial score (nSPS) is 12.7. The highest BCUT2D eigenvalue weighted by molar-refractivity contribution is 8.00. The standard InChI is InChI=1S/C16H24Cl2S2/c1-15(2,11-17)19-9-13-7-5-6-8-14(13)10-20-16(3,4)12-18/h5-8H,9-12H2,1-4H3. The van der Waals surface area contributed by atoms with Crippen LogP contribution in [0.1, 0.15) is 38.8 Å². The van der Waals surface area contributed by atoms with Gasteiger partial charge in [0.15, 0.2) is 0 Å². The van der Waals surface area contributed by atoms with Crippen molar-refractivity contribution in [1.29, 1.82) is 0 Å². The number of hydrogen-bond donors (Lipinski definition) is 0. The summed E-state index contributed by atoms with van der Waals surface area (Å²) in [5.74, 6) is 3.37. The Labute approximate surface area is 142 Å². The van der Waals surface area contributed by atoms with Gasteiger partial charge in [-0.25, -0.2) is 0 Å². The first-order chi connectivity index (χ1) is 9.29. The molecule has 1 aromatic rings. The molecule has 0 unspecified atom stereocenters. The van der Waals surface area contributed by atoms with Crippen LogP contribution in [0.15, 0.2) is 24.3 Å². The Morgan fingerprint density at radius 3 is 1.45 bits per heavy atom. The molecular formula is C16H24Cl2S2. The lowest BCUT2D eigenvalue weighted by Crippen LogP contribution is -2.18. The molecule has 0 aromatic heterocycles. The fourth-order valence-electron chi connectivity index (χ4n) is 1.46. The summed E-state index contributed by atoms with van der Waals surface area (Å²) in [6.07, 6.45) is 0. The van der Waals surface area contributed by atoms with Crippen LogP contribution in [-0.2, 0) is 11.5 Å². The summed E-state index contributed by atoms with van der Waals surface area (Å²) < 4.78 is 0.244. The zero-order valence-corrected chi connectivity index (χ0v) is 15.9. The van der Waals surface area contributed by atoms with E-state index < -0.39 is 0 Å². The molecule has 4 heteroatoms. The lowest BCUT2D eigenvalue weighted by Gasteiger charge is -2.23. The highest BCUT2D eigenvalue weighted by Crippen LogP contribution is 2.33. The zero-order valence-electron chi connectivity index (χ0n) is 12.7. The molecule has 20 heavy (non-hydrogen) atoms. The third kappa shape index (κ3) is 6.51. The molecule has 0 bridgehead atoms. The average molecular weight is 351 g/mol. The van der Waals surface area contributed by atoms with Crippen molar-refractivity contribution in [3.63, 3.8) is 0 Å². The molecule has 0 aliphatic carbocycles. The van der Waals surface area contributed by atoms with Crippen LogP contribution in [0.25, 0.3) is 0 Å². The van der Waals surface area contributed by atoms with Crippen LogP contribution in [0.4, 0.5) is 0 Å². The second-order valence-electron chi connectivity index (χ2n) is 6.13. The van der Waals surface area contributed by atoms with Crippen LogP contribution >= 0.6 is 46.7 Å². The van der Waals surface area contributed by atoms with Crippen molar-refractivity contribution < 1.29 is 0 Å². The molecule has 1 rings (SSSR count). The minimum atomic E-state index is 0.122. The molecule has 0 N–H and O–H groups in total. The van der Waals surface area contributed by atoms with Crippen LogP contribution < -0.4 is 0 Å². The van der Waals surface area contributed by atoms with Crippen molar-refractivity contribution in [2.45, 2.75) is 48.7 Å². The van der Waals surface area contributed by atoms with E-state index in [9.17, 15) is 0 Å². The molecule has 0 atom stereocenters. The first-order valence-corrected chi connectivity index (χ1v) is 9.80. The van der Waals surface area contributed by atoms with Gasteiger partial charge in [-0.15, -0.1) is 46.7 Å². The minimum Gasteiger partial charge on any atom is -0.150 e. The fourth-order valence-corrected chi connectivity index (χ4v) is 3.74. The van der Waals surface area contributed by atoms with Gasteiger partial charge in [0.25, 0.3) is 0 Å². The van der Waals surface area contributed by atoms with Crippen LogP contribution in [0, 0.1) is 0 Å². The summed E-state index contributed by atoms with van der Waals surface area (Å²) in [5.41, 5.74) is 2.82. The number of benzene rings is 1. The van der Waals surface area contributed by atoms with Gasteiger partial charge in [-0.3, -0.25) is 0 Å². The van der Waals surface area contributed by atoms with Crippen molar-refractivity contribution in [2.24, 2.45) is 0 Å². The molecule has 1 aromatic carbocycles. The molecular weight excluding hydrogens is 327 g/mol. The maximum Gasteiger partial charge on any atom is 0.0365 e. The maximum absolute atomic E-state index is 6.00. The number of hydrogen-bond acceptors (Lipinski definition) is 2. The zero-order chi connectivity index (χ0) is 15.2. The smallest absolute Gasteiger partial charge is 0.0365 e. The topological polar surface area (TPSA) is 0 Å². The van der Waals surface area contributed by atoms with Crippen LogP contribution in [0.2, 0.25) is 0 Å². The van der Waals surface area contributed by atoms with E-state index in [2.05, 4.69) is 52.0 Å². The van der Waals surface area contributed by atoms with Gasteiger partial charge in [0.2, 0.25) is 0 Å². The molecule has 0 heterocycles. The van der Waals surface area contributed by atoms with E-state index in [1.165, 1.54) is 11.1 Å². The van der Waals surface area contributed by atoms with Gasteiger partial charge in [0.1, 0.15) is 0 Å². The second-order valence-corrected chi connectivity index (χ2v) is 10.0. The first kappa shape index (κ1) is 18.5. The van der Waals surface area contributed by atoms with Crippen molar-refractivity contribution in [3.05, 3.63) is 35.4 Å². The number of alkyl halides is 2. The van der Waals surface area contributed by atoms with Crippen molar-refractivity contribution in [1.82, 2.24) is 0 Å². The van der Waals surface area contributed by atoms with Crippen molar-refractivity contribution >= 4 is 46.7 Å². The van der Waals surface area contributed by atoms with Crippen LogP contribution in [-0.4, -0.2) is 21.3 Å². The Hall–Kier alpha value is 0.500. The lowest BCUT2D eigenvalue weighted by molar-refractivity contribution is 0.808. The molecule has 0 aliphatic rings. The summed E-state index contributed by atoms with van der Waals surface area (Å²) in [4.78, 5) is 0. The van der Waals surface area contributed by atoms with Gasteiger partial charge in [0, 0.05) is 32.8 Å². The number of thioether (sulfide) groups is 2. The molecule has 0 saturated carbocycles. The SMILES string of the molecule is CC(C)(CCl)SCc1ccccc1CSC(C)(C)CCl. The highest BCUT2D eigenvalue weighted by Gasteiger charge is 2.19. The molecule has 0 fully saturated rings. The van der Waals surface area contributed by atoms with E-state index in [1.807, 2.05) is 23.5 Å². The van der Waals surface area contributed by atoms with E-state index >= 15 is 0 Å². The van der Waals surface area contributed by atoms with Gasteiger partial charge in [-0.2, -0.15) is 0 Å². The Morgan fingerprint density at radius 2 is 1.15 bits per heavy atom. The van der Waals surface area contributed by atoms with Gasteiger partial charge < -0.3 is 0 Å². The van der Waals surface area contributed by atoms with E-state index in [4.69, 9.17) is 23.2 Å². The van der Waals surface area contributed by atoms with E-state index in [0.717, 1.165) is 11.5 Å². The van der Waals surface area contributed by atoms with E-state index in [1.54, 1.807) is 0 Å². The first-order valence-electron chi connectivity index (χ1n) is 6.76. The molecule has 0 spiro atoms. The highest BCUT2D eigenvalue weighted by atomic mass is 35.5. The molecule has 0 aliphatic heterocycles. The lowest BCUT2D eigenvalue weighted by atomic mass is 10.1. The quantitative estimate of drug-likeness (QED) is 0.512. The van der Waals surface area contributed by atoms with Gasteiger partial charge >= 0.3 is 0 Å². The molecule has 114 valence electrons. The Morgan fingerprint density at radius 1 is 0.800 bits per heavy atom. The minimum absolute atomic E-state index is 0.122. The van der Waals surface area contributed by atoms with Gasteiger partial charge in [-0.05, 0) is 38.8 Å². The molecule has 0 radical (unpaired) electrons. The monoisotopic (exact) mass is 350 g/mol. The van der Waals surface area contributed by atoms with Crippen LogP contribution in [0.3, 0.4) is 0 Å². The number of halogens is 2. The second kappa shape index (κ2) is 8.22. The average Bonchev–Trinajstić information content (AvgIpc) is 2.44. The Kier molecular flexibility index (Phi) is 7.62. The molecule has 0 amide bonds. The van der Waals surface area contributed by atoms with E-state index in [0.29, 0.717) is 11.8 Å². The van der Waals surface area contributed by atoms with Crippen molar-refractivity contribution in [2.75, 3.05) is 11.8 Å². The largest absolute Gasteiger partial charge is 0.150 e. The summed E-state index contributed by atoms with van der Waals surface area (Å²) in [6.45, 7) is 8.77. The predicted octanol–water partition coefficient (Wildman–Crippen LogP) is 6.19. The van der Waals surface area contributed by atoms with Gasteiger partial charge in [0.05, 0.1) is 0 Å². The Bertz CT molecular complexity index is 378. The Balaban J connectivity index is 2.69. The maximum atomic E-state index is 6.00. The summed E-state index contributed by atoms with van der Waals surface area (Å²) >= 11 is 15.8. The summed E-state index contributed by atoms with van der Waals surface area (Å²) in [5, 5.41) is 0. The fraction of sp³-hybridized carbons (Fsp3) is 0.625. The number of rotatable bonds is 8. The predicted molar refractivity (Wildman–Crippen MR) is 98.6 cm³/mol. The van der Waals surface area contributed by atoms with Crippen molar-refractivity contribution in [3.8, 4) is 0 Å². The van der Waals surface area contributed by atoms with Crippen LogP contribution in [0.5, 0.6) is 0 Å². The third-order valence-corrected chi connectivity index (χ3v) is 7.41. The third-order valence-electron chi connectivity index (χ3n) is 3.00. The molecule has 0 nitrogen and oxygen atoms in total. The summed E-state index contributed by atoms with van der Waals surface area (Å²) in [7, 11) is 0. The van der Waals surface area contributed by atoms with Gasteiger partial charge in [-0.1, -0.05) is 24.3 Å². The van der Waals surface area contributed by atoms with E-state index in [-0.39, 0.29) is 9.49 Å². The summed E-state index contributed by atoms with van der Waals surface area (Å²) in [6, 6.07) is 8.68. The molecule has 0 saturated heterocycles.